The molecule has 5 fully saturated rings. The van der Waals surface area contributed by atoms with E-state index in [1.54, 1.807) is 0 Å². The minimum Gasteiger partial charge on any atom is -0.481 e. The van der Waals surface area contributed by atoms with Crippen LogP contribution in [0.25, 0.3) is 0 Å². The van der Waals surface area contributed by atoms with Crippen molar-refractivity contribution >= 4 is 11.9 Å². The van der Waals surface area contributed by atoms with Gasteiger partial charge in [-0.2, -0.15) is 0 Å². The first kappa shape index (κ1) is 29.9. The highest BCUT2D eigenvalue weighted by Crippen LogP contribution is 2.77. The molecule has 0 heterocycles. The molecule has 0 bridgehead atoms. The molecule has 0 aliphatic heterocycles. The van der Waals surface area contributed by atoms with Gasteiger partial charge in [-0.1, -0.05) is 58.0 Å². The Labute approximate surface area is 252 Å². The highest BCUT2D eigenvalue weighted by Gasteiger charge is 2.73. The highest BCUT2D eigenvalue weighted by molar-refractivity contribution is 5.89. The van der Waals surface area contributed by atoms with Gasteiger partial charge in [0.05, 0.1) is 23.7 Å². The molecule has 0 amide bonds. The maximum Gasteiger partial charge on any atom is 0.338 e. The summed E-state index contributed by atoms with van der Waals surface area (Å²) in [6.45, 7) is 16.3. The van der Waals surface area contributed by atoms with Crippen LogP contribution in [0.4, 0.5) is 0 Å². The van der Waals surface area contributed by atoms with E-state index in [0.717, 1.165) is 56.9 Å². The summed E-state index contributed by atoms with van der Waals surface area (Å²) in [6.07, 6.45) is 8.71. The smallest absolute Gasteiger partial charge is 0.338 e. The zero-order valence-electron chi connectivity index (χ0n) is 26.5. The Bertz CT molecular complexity index is 1250. The van der Waals surface area contributed by atoms with Crippen molar-refractivity contribution in [2.75, 3.05) is 6.61 Å². The molecule has 10 atom stereocenters. The maximum absolute atomic E-state index is 13.4. The summed E-state index contributed by atoms with van der Waals surface area (Å²) in [5.41, 5.74) is 0.507. The number of rotatable bonds is 5. The monoisotopic (exact) mass is 576 g/mol. The number of carbonyl (C=O) groups excluding carboxylic acids is 1. The summed E-state index contributed by atoms with van der Waals surface area (Å²) < 4.78 is 6.36. The van der Waals surface area contributed by atoms with Gasteiger partial charge in [-0.25, -0.2) is 4.79 Å². The molecule has 1 aromatic rings. The van der Waals surface area contributed by atoms with Crippen molar-refractivity contribution < 1.29 is 24.5 Å². The second-order valence-electron chi connectivity index (χ2n) is 16.2. The van der Waals surface area contributed by atoms with Crippen LogP contribution in [0.2, 0.25) is 0 Å². The Morgan fingerprint density at radius 2 is 1.62 bits per heavy atom. The fourth-order valence-corrected chi connectivity index (χ4v) is 12.5. The Morgan fingerprint density at radius 3 is 2.29 bits per heavy atom. The van der Waals surface area contributed by atoms with Gasteiger partial charge in [0, 0.05) is 5.41 Å². The van der Waals surface area contributed by atoms with E-state index < -0.39 is 11.4 Å². The number of esters is 1. The second-order valence-corrected chi connectivity index (χ2v) is 16.2. The van der Waals surface area contributed by atoms with Gasteiger partial charge < -0.3 is 14.9 Å². The molecule has 1 aromatic carbocycles. The average molecular weight is 577 g/mol. The summed E-state index contributed by atoms with van der Waals surface area (Å²) in [7, 11) is 0. The lowest BCUT2D eigenvalue weighted by molar-refractivity contribution is -0.261. The van der Waals surface area contributed by atoms with Gasteiger partial charge in [-0.3, -0.25) is 4.79 Å². The molecule has 0 unspecified atom stereocenters. The lowest BCUT2D eigenvalue weighted by Gasteiger charge is -2.73. The molecular weight excluding hydrogens is 524 g/mol. The molecule has 5 heteroatoms. The van der Waals surface area contributed by atoms with E-state index >= 15 is 0 Å². The first-order valence-electron chi connectivity index (χ1n) is 16.5. The lowest BCUT2D eigenvalue weighted by atomic mass is 9.32. The minimum atomic E-state index is -0.720. The molecule has 0 saturated heterocycles. The second kappa shape index (κ2) is 9.94. The zero-order valence-corrected chi connectivity index (χ0v) is 26.5. The molecular formula is C37H52O5. The van der Waals surface area contributed by atoms with Crippen molar-refractivity contribution in [1.82, 2.24) is 0 Å². The summed E-state index contributed by atoms with van der Waals surface area (Å²) in [5, 5.41) is 21.9. The number of fused-ring (bicyclic) bond motifs is 7. The van der Waals surface area contributed by atoms with Gasteiger partial charge in [0.15, 0.2) is 0 Å². The van der Waals surface area contributed by atoms with Crippen molar-refractivity contribution in [2.45, 2.75) is 105 Å². The summed E-state index contributed by atoms with van der Waals surface area (Å²) in [4.78, 5) is 26.6. The fourth-order valence-electron chi connectivity index (χ4n) is 12.5. The number of hydrogen-bond acceptors (Lipinski definition) is 4. The lowest BCUT2D eigenvalue weighted by Crippen LogP contribution is -2.69. The quantitative estimate of drug-likeness (QED) is 0.275. The van der Waals surface area contributed by atoms with Crippen molar-refractivity contribution in [1.29, 1.82) is 0 Å². The van der Waals surface area contributed by atoms with Gasteiger partial charge in [0.1, 0.15) is 0 Å². The predicted molar refractivity (Wildman–Crippen MR) is 164 cm³/mol. The molecule has 5 saturated carbocycles. The number of allylic oxidation sites excluding steroid dienone is 1. The van der Waals surface area contributed by atoms with E-state index in [0.29, 0.717) is 36.8 Å². The number of carbonyl (C=O) groups is 2. The van der Waals surface area contributed by atoms with Crippen LogP contribution in [0, 0.1) is 56.7 Å². The van der Waals surface area contributed by atoms with Crippen molar-refractivity contribution in [3.8, 4) is 0 Å². The number of aliphatic hydroxyl groups is 1. The molecule has 5 nitrogen and oxygen atoms in total. The largest absolute Gasteiger partial charge is 0.481 e. The van der Waals surface area contributed by atoms with Crippen LogP contribution in [-0.2, 0) is 9.53 Å². The van der Waals surface area contributed by atoms with E-state index in [1.165, 1.54) is 0 Å². The van der Waals surface area contributed by atoms with Crippen molar-refractivity contribution in [2.24, 2.45) is 56.7 Å². The Kier molecular flexibility index (Phi) is 7.08. The molecule has 0 spiro atoms. The van der Waals surface area contributed by atoms with Crippen LogP contribution < -0.4 is 0 Å². The van der Waals surface area contributed by atoms with Crippen LogP contribution in [0.15, 0.2) is 42.5 Å². The van der Waals surface area contributed by atoms with Crippen LogP contribution in [0.5, 0.6) is 0 Å². The Hall–Kier alpha value is -2.14. The highest BCUT2D eigenvalue weighted by atomic mass is 16.5. The fraction of sp³-hybridized carbons (Fsp3) is 0.730. The number of carboxylic acids is 1. The third-order valence-corrected chi connectivity index (χ3v) is 14.6. The Balaban J connectivity index is 1.45. The van der Waals surface area contributed by atoms with Crippen LogP contribution in [0.3, 0.4) is 0 Å². The van der Waals surface area contributed by atoms with Crippen LogP contribution in [-0.4, -0.2) is 34.9 Å². The molecule has 0 aromatic heterocycles. The topological polar surface area (TPSA) is 83.8 Å². The van der Waals surface area contributed by atoms with E-state index in [9.17, 15) is 19.8 Å². The van der Waals surface area contributed by atoms with Gasteiger partial charge in [-0.05, 0) is 129 Å². The van der Waals surface area contributed by atoms with Gasteiger partial charge >= 0.3 is 11.9 Å². The van der Waals surface area contributed by atoms with E-state index in [2.05, 4.69) is 41.2 Å². The third kappa shape index (κ3) is 3.90. The first-order chi connectivity index (χ1) is 19.7. The number of aliphatic carboxylic acids is 1. The van der Waals surface area contributed by atoms with Gasteiger partial charge in [0.2, 0.25) is 0 Å². The van der Waals surface area contributed by atoms with E-state index in [4.69, 9.17) is 4.74 Å². The summed E-state index contributed by atoms with van der Waals surface area (Å²) in [5.74, 6) is 0.314. The summed E-state index contributed by atoms with van der Waals surface area (Å²) in [6, 6.07) is 9.28. The first-order valence-corrected chi connectivity index (χ1v) is 16.5. The average Bonchev–Trinajstić information content (AvgIpc) is 3.36. The maximum atomic E-state index is 13.4. The molecule has 5 aliphatic carbocycles. The van der Waals surface area contributed by atoms with Crippen LogP contribution >= 0.6 is 0 Å². The molecule has 0 radical (unpaired) electrons. The van der Waals surface area contributed by atoms with E-state index in [1.807, 2.05) is 30.3 Å². The van der Waals surface area contributed by atoms with E-state index in [-0.39, 0.29) is 51.5 Å². The van der Waals surface area contributed by atoms with Gasteiger partial charge in [0.25, 0.3) is 0 Å². The minimum absolute atomic E-state index is 0.0181. The molecule has 2 N–H and O–H groups in total. The standard InChI is InChI=1S/C37H52O5/c1-23(2)25-14-19-36(32(40)41)20-21-37(22-42-31(39)24-10-8-7-9-11-24)26(30(25)36)12-13-28-34(5)17-16-29(38)33(3,4)27(34)15-18-35(28,37)6/h7-11,25-30,38H,1,12-22H2,2-6H3,(H,40,41)/t25-,26+,27-,28+,29-,30+,34-,35+,36+,37-/m0/s1. The molecule has 6 rings (SSSR count). The normalized spacial score (nSPS) is 45.5. The third-order valence-electron chi connectivity index (χ3n) is 14.6. The number of ether oxygens (including phenoxy) is 1. The number of carboxylic acid groups (broad SMARTS) is 1. The number of hydrogen-bond donors (Lipinski definition) is 2. The number of aliphatic hydroxyl groups excluding tert-OH is 1. The van der Waals surface area contributed by atoms with Gasteiger partial charge in [-0.15, -0.1) is 0 Å². The van der Waals surface area contributed by atoms with Crippen molar-refractivity contribution in [3.63, 3.8) is 0 Å². The predicted octanol–water partition coefficient (Wildman–Crippen LogP) is 7.93. The Morgan fingerprint density at radius 1 is 0.905 bits per heavy atom. The van der Waals surface area contributed by atoms with Crippen LogP contribution in [0.1, 0.15) is 109 Å². The SMILES string of the molecule is C=C(C)[C@@H]1CC[C@@]2(C(=O)O)CC[C@]3(COC(=O)c4ccccc4)[C@H](CC[C@@H]4[C@@]5(C)CC[C@H](O)C(C)(C)[C@@H]5CC[C@]43C)[C@@H]12. The molecule has 5 aliphatic rings. The molecule has 42 heavy (non-hydrogen) atoms. The number of benzene rings is 1. The molecule has 230 valence electrons. The zero-order chi connectivity index (χ0) is 30.3. The summed E-state index contributed by atoms with van der Waals surface area (Å²) >= 11 is 0. The van der Waals surface area contributed by atoms with Crippen molar-refractivity contribution in [3.05, 3.63) is 48.0 Å².